The lowest BCUT2D eigenvalue weighted by Gasteiger charge is -2.05. The van der Waals surface area contributed by atoms with E-state index in [1.807, 2.05) is 31.2 Å². The standard InChI is InChI=1S/C15H16ClNO2S2/c1-12-3-9-15(10-4-12)21(18,19)17-20(2)14-7-5-13(11-16)6-8-14/h3-10H,11H2,1-2H3. The van der Waals surface area contributed by atoms with Crippen LogP contribution in [0.15, 0.2) is 62.1 Å². The van der Waals surface area contributed by atoms with Crippen LogP contribution < -0.4 is 0 Å². The first-order valence-electron chi connectivity index (χ1n) is 6.28. The number of alkyl halides is 1. The van der Waals surface area contributed by atoms with Crippen molar-refractivity contribution in [3.63, 3.8) is 0 Å². The molecule has 6 heteroatoms. The molecule has 3 nitrogen and oxygen atoms in total. The summed E-state index contributed by atoms with van der Waals surface area (Å²) in [7, 11) is -4.35. The van der Waals surface area contributed by atoms with Gasteiger partial charge < -0.3 is 0 Å². The van der Waals surface area contributed by atoms with E-state index >= 15 is 0 Å². The molecule has 0 aliphatic heterocycles. The van der Waals surface area contributed by atoms with Crippen molar-refractivity contribution in [1.82, 2.24) is 0 Å². The van der Waals surface area contributed by atoms with Gasteiger partial charge in [0, 0.05) is 10.8 Å². The molecule has 0 heterocycles. The first-order valence-corrected chi connectivity index (χ1v) is 9.84. The summed E-state index contributed by atoms with van der Waals surface area (Å²) in [4.78, 5) is 1.10. The Balaban J connectivity index is 2.33. The molecule has 2 rings (SSSR count). The summed E-state index contributed by atoms with van der Waals surface area (Å²) < 4.78 is 28.5. The Morgan fingerprint density at radius 1 is 1.05 bits per heavy atom. The monoisotopic (exact) mass is 341 g/mol. The molecular formula is C15H16ClNO2S2. The molecule has 1 unspecified atom stereocenters. The fourth-order valence-electron chi connectivity index (χ4n) is 1.72. The van der Waals surface area contributed by atoms with Crippen molar-refractivity contribution < 1.29 is 8.42 Å². The van der Waals surface area contributed by atoms with E-state index < -0.39 is 20.7 Å². The van der Waals surface area contributed by atoms with Crippen molar-refractivity contribution in [2.75, 3.05) is 6.26 Å². The first-order chi connectivity index (χ1) is 9.92. The minimum atomic E-state index is -3.63. The molecule has 112 valence electrons. The number of sulfonamides is 1. The van der Waals surface area contributed by atoms with Crippen LogP contribution in [0, 0.1) is 6.92 Å². The van der Waals surface area contributed by atoms with Gasteiger partial charge in [0.2, 0.25) is 0 Å². The van der Waals surface area contributed by atoms with Gasteiger partial charge in [-0.05, 0) is 43.0 Å². The second-order valence-corrected chi connectivity index (χ2v) is 8.33. The van der Waals surface area contributed by atoms with Gasteiger partial charge in [-0.1, -0.05) is 40.5 Å². The number of aryl methyl sites for hydroxylation is 1. The van der Waals surface area contributed by atoms with Crippen LogP contribution in [-0.2, 0) is 26.6 Å². The Kier molecular flexibility index (Phi) is 5.19. The Morgan fingerprint density at radius 2 is 1.62 bits per heavy atom. The van der Waals surface area contributed by atoms with Crippen LogP contribution in [0.4, 0.5) is 0 Å². The molecule has 0 aliphatic carbocycles. The normalized spacial score (nSPS) is 13.3. The maximum absolute atomic E-state index is 12.3. The van der Waals surface area contributed by atoms with Crippen LogP contribution in [0.5, 0.6) is 0 Å². The number of rotatable bonds is 4. The smallest absolute Gasteiger partial charge is 0.199 e. The van der Waals surface area contributed by atoms with Crippen molar-refractivity contribution in [1.29, 1.82) is 0 Å². The molecule has 2 aromatic carbocycles. The number of hydrogen-bond donors (Lipinski definition) is 0. The highest BCUT2D eigenvalue weighted by Crippen LogP contribution is 2.17. The average molecular weight is 342 g/mol. The van der Waals surface area contributed by atoms with E-state index in [9.17, 15) is 8.42 Å². The van der Waals surface area contributed by atoms with Gasteiger partial charge in [0.1, 0.15) is 0 Å². The van der Waals surface area contributed by atoms with Gasteiger partial charge in [-0.15, -0.1) is 15.4 Å². The van der Waals surface area contributed by atoms with Crippen LogP contribution in [0.2, 0.25) is 0 Å². The van der Waals surface area contributed by atoms with Gasteiger partial charge in [0.15, 0.2) is 0 Å². The number of halogens is 1. The molecule has 0 amide bonds. The number of benzene rings is 2. The first kappa shape index (κ1) is 16.2. The van der Waals surface area contributed by atoms with Gasteiger partial charge >= 0.3 is 0 Å². The Morgan fingerprint density at radius 3 is 2.14 bits per heavy atom. The van der Waals surface area contributed by atoms with Crippen molar-refractivity contribution >= 4 is 32.3 Å². The summed E-state index contributed by atoms with van der Waals surface area (Å²) in [6.07, 6.45) is 1.79. The van der Waals surface area contributed by atoms with Crippen LogP contribution in [0.3, 0.4) is 0 Å². The SMILES string of the molecule is Cc1ccc(S(=O)(=O)N=S(C)c2ccc(CCl)cc2)cc1. The van der Waals surface area contributed by atoms with E-state index in [0.717, 1.165) is 16.0 Å². The lowest BCUT2D eigenvalue weighted by atomic mass is 10.2. The Hall–Kier alpha value is -1.17. The molecule has 21 heavy (non-hydrogen) atoms. The fourth-order valence-corrected chi connectivity index (χ4v) is 4.77. The predicted octanol–water partition coefficient (Wildman–Crippen LogP) is 3.91. The molecule has 2 aromatic rings. The average Bonchev–Trinajstić information content (AvgIpc) is 2.47. The van der Waals surface area contributed by atoms with E-state index in [2.05, 4.69) is 3.77 Å². The zero-order valence-electron chi connectivity index (χ0n) is 11.8. The summed E-state index contributed by atoms with van der Waals surface area (Å²) in [6, 6.07) is 14.2. The maximum atomic E-state index is 12.3. The second-order valence-electron chi connectivity index (χ2n) is 4.62. The van der Waals surface area contributed by atoms with E-state index in [4.69, 9.17) is 11.6 Å². The highest BCUT2D eigenvalue weighted by Gasteiger charge is 2.13. The third-order valence-corrected chi connectivity index (χ3v) is 6.76. The third kappa shape index (κ3) is 4.15. The van der Waals surface area contributed by atoms with Crippen LogP contribution in [0.1, 0.15) is 11.1 Å². The quantitative estimate of drug-likeness (QED) is 0.791. The van der Waals surface area contributed by atoms with E-state index in [0.29, 0.717) is 5.88 Å². The van der Waals surface area contributed by atoms with Crippen molar-refractivity contribution in [3.05, 3.63) is 59.7 Å². The van der Waals surface area contributed by atoms with Gasteiger partial charge in [-0.25, -0.2) is 0 Å². The molecule has 0 saturated carbocycles. The third-order valence-electron chi connectivity index (χ3n) is 2.95. The molecule has 0 saturated heterocycles. The summed E-state index contributed by atoms with van der Waals surface area (Å²) in [5.74, 6) is 0.441. The summed E-state index contributed by atoms with van der Waals surface area (Å²) in [5, 5.41) is 0. The number of nitrogens with zero attached hydrogens (tertiary/aromatic N) is 1. The Bertz CT molecular complexity index is 751. The van der Waals surface area contributed by atoms with Gasteiger partial charge in [-0.2, -0.15) is 8.42 Å². The van der Waals surface area contributed by atoms with Gasteiger partial charge in [0.25, 0.3) is 10.0 Å². The van der Waals surface area contributed by atoms with E-state index in [-0.39, 0.29) is 4.90 Å². The summed E-state index contributed by atoms with van der Waals surface area (Å²) in [6.45, 7) is 1.91. The molecule has 0 fully saturated rings. The summed E-state index contributed by atoms with van der Waals surface area (Å²) in [5.41, 5.74) is 2.01. The zero-order chi connectivity index (χ0) is 15.5. The lowest BCUT2D eigenvalue weighted by Crippen LogP contribution is -2.00. The van der Waals surface area contributed by atoms with Crippen molar-refractivity contribution in [2.24, 2.45) is 3.77 Å². The molecule has 0 spiro atoms. The van der Waals surface area contributed by atoms with Crippen molar-refractivity contribution in [2.45, 2.75) is 22.6 Å². The molecule has 1 atom stereocenters. The molecule has 0 aliphatic rings. The maximum Gasteiger partial charge on any atom is 0.288 e. The number of hydrogen-bond acceptors (Lipinski definition) is 2. The molecule has 0 aromatic heterocycles. The van der Waals surface area contributed by atoms with Gasteiger partial charge in [0.05, 0.1) is 4.90 Å². The van der Waals surface area contributed by atoms with Crippen LogP contribution >= 0.6 is 11.6 Å². The predicted molar refractivity (Wildman–Crippen MR) is 88.3 cm³/mol. The fraction of sp³-hybridized carbons (Fsp3) is 0.200. The molecular weight excluding hydrogens is 326 g/mol. The molecule has 0 bridgehead atoms. The van der Waals surface area contributed by atoms with Crippen LogP contribution in [0.25, 0.3) is 0 Å². The highest BCUT2D eigenvalue weighted by atomic mass is 35.5. The largest absolute Gasteiger partial charge is 0.288 e. The lowest BCUT2D eigenvalue weighted by molar-refractivity contribution is 0.598. The highest BCUT2D eigenvalue weighted by molar-refractivity contribution is 7.99. The minimum absolute atomic E-state index is 0.227. The molecule has 0 N–H and O–H groups in total. The van der Waals surface area contributed by atoms with Crippen molar-refractivity contribution in [3.8, 4) is 0 Å². The topological polar surface area (TPSA) is 46.5 Å². The van der Waals surface area contributed by atoms with Gasteiger partial charge in [-0.3, -0.25) is 0 Å². The van der Waals surface area contributed by atoms with Crippen LogP contribution in [-0.4, -0.2) is 14.7 Å². The zero-order valence-corrected chi connectivity index (χ0v) is 14.2. The molecule has 0 radical (unpaired) electrons. The van der Waals surface area contributed by atoms with E-state index in [1.54, 1.807) is 30.5 Å². The Labute approximate surface area is 133 Å². The second kappa shape index (κ2) is 6.73. The summed E-state index contributed by atoms with van der Waals surface area (Å²) >= 11 is 5.74. The van der Waals surface area contributed by atoms with E-state index in [1.165, 1.54) is 0 Å². The minimum Gasteiger partial charge on any atom is -0.199 e.